The van der Waals surface area contributed by atoms with E-state index in [1.54, 1.807) is 12.3 Å². The molecule has 13 heteroatoms. The summed E-state index contributed by atoms with van der Waals surface area (Å²) in [6.45, 7) is 3.59. The van der Waals surface area contributed by atoms with Crippen molar-refractivity contribution in [3.63, 3.8) is 0 Å². The number of terminal acetylenes is 1. The topological polar surface area (TPSA) is 123 Å². The Bertz CT molecular complexity index is 2190. The largest absolute Gasteiger partial charge is 0.508 e. The second-order valence-corrected chi connectivity index (χ2v) is 12.9. The van der Waals surface area contributed by atoms with Crippen LogP contribution in [0, 0.1) is 24.0 Å². The summed E-state index contributed by atoms with van der Waals surface area (Å²) in [5.74, 6) is 1.26. The highest BCUT2D eigenvalue weighted by Gasteiger charge is 2.49. The molecular weight excluding hydrogens is 635 g/mol. The van der Waals surface area contributed by atoms with Gasteiger partial charge in [-0.1, -0.05) is 18.1 Å². The summed E-state index contributed by atoms with van der Waals surface area (Å²) in [5, 5.41) is 11.4. The molecule has 0 spiro atoms. The number of aromatic hydroxyl groups is 1. The van der Waals surface area contributed by atoms with Gasteiger partial charge in [0.25, 0.3) is 0 Å². The van der Waals surface area contributed by atoms with E-state index in [9.17, 15) is 13.9 Å². The summed E-state index contributed by atoms with van der Waals surface area (Å²) < 4.78 is 59.1. The van der Waals surface area contributed by atoms with Crippen LogP contribution in [0.15, 0.2) is 42.6 Å². The third-order valence-corrected chi connectivity index (χ3v) is 10.0. The van der Waals surface area contributed by atoms with Gasteiger partial charge in [0.1, 0.15) is 59.2 Å². The van der Waals surface area contributed by atoms with Crippen LogP contribution in [0.5, 0.6) is 17.6 Å². The van der Waals surface area contributed by atoms with Gasteiger partial charge in [0.2, 0.25) is 5.88 Å². The number of ether oxygens (including phenoxy) is 2. The molecule has 0 radical (unpaired) electrons. The van der Waals surface area contributed by atoms with Gasteiger partial charge in [-0.05, 0) is 56.0 Å². The second-order valence-electron chi connectivity index (χ2n) is 12.9. The van der Waals surface area contributed by atoms with E-state index in [2.05, 4.69) is 25.8 Å². The molecule has 2 fully saturated rings. The number of hydrogen-bond donors (Lipinski definition) is 2. The molecule has 3 atom stereocenters. The minimum absolute atomic E-state index is 0.0357. The smallest absolute Gasteiger partial charge is 0.319 e. The molecule has 3 N–H and O–H groups in total. The zero-order valence-electron chi connectivity index (χ0n) is 26.6. The summed E-state index contributed by atoms with van der Waals surface area (Å²) in [6.07, 6.45) is 8.35. The number of anilines is 2. The van der Waals surface area contributed by atoms with Crippen molar-refractivity contribution in [2.75, 3.05) is 43.5 Å². The lowest BCUT2D eigenvalue weighted by atomic mass is 9.95. The summed E-state index contributed by atoms with van der Waals surface area (Å²) in [7, 11) is 0. The molecule has 5 aromatic rings. The third-order valence-electron chi connectivity index (χ3n) is 10.0. The molecule has 0 amide bonds. The monoisotopic (exact) mass is 667 g/mol. The average Bonchev–Trinajstić information content (AvgIpc) is 3.55. The number of aromatic nitrogens is 4. The first-order valence-corrected chi connectivity index (χ1v) is 16.1. The van der Waals surface area contributed by atoms with Gasteiger partial charge in [-0.2, -0.15) is 9.97 Å². The van der Waals surface area contributed by atoms with Crippen molar-refractivity contribution >= 4 is 33.3 Å². The van der Waals surface area contributed by atoms with Crippen LogP contribution >= 0.6 is 0 Å². The van der Waals surface area contributed by atoms with Crippen molar-refractivity contribution in [1.29, 1.82) is 0 Å². The van der Waals surface area contributed by atoms with Crippen LogP contribution < -0.4 is 20.1 Å². The first-order chi connectivity index (χ1) is 23.7. The van der Waals surface area contributed by atoms with Crippen molar-refractivity contribution in [2.24, 2.45) is 0 Å². The zero-order chi connectivity index (χ0) is 34.0. The van der Waals surface area contributed by atoms with E-state index in [0.29, 0.717) is 36.5 Å². The summed E-state index contributed by atoms with van der Waals surface area (Å²) in [5.41, 5.74) is 6.02. The molecule has 10 nitrogen and oxygen atoms in total. The van der Waals surface area contributed by atoms with E-state index in [1.807, 2.05) is 17.9 Å². The van der Waals surface area contributed by atoms with Crippen LogP contribution in [-0.2, 0) is 0 Å². The summed E-state index contributed by atoms with van der Waals surface area (Å²) in [4.78, 5) is 22.2. The van der Waals surface area contributed by atoms with Crippen LogP contribution in [-0.4, -0.2) is 74.5 Å². The Morgan fingerprint density at radius 3 is 2.86 bits per heavy atom. The van der Waals surface area contributed by atoms with Gasteiger partial charge < -0.3 is 25.2 Å². The number of hydrogen-bond acceptors (Lipinski definition) is 10. The van der Waals surface area contributed by atoms with Crippen molar-refractivity contribution in [3.05, 3.63) is 65.4 Å². The Kier molecular flexibility index (Phi) is 7.37. The van der Waals surface area contributed by atoms with Gasteiger partial charge >= 0.3 is 6.01 Å². The molecule has 3 aliphatic rings. The molecule has 2 aromatic carbocycles. The predicted octanol–water partition coefficient (Wildman–Crippen LogP) is 5.70. The molecule has 250 valence electrons. The number of rotatable bonds is 6. The third kappa shape index (κ3) is 5.01. The van der Waals surface area contributed by atoms with Gasteiger partial charge in [0, 0.05) is 35.7 Å². The molecule has 0 bridgehead atoms. The number of fused-ring (bicyclic) bond motifs is 2. The predicted molar refractivity (Wildman–Crippen MR) is 178 cm³/mol. The van der Waals surface area contributed by atoms with E-state index in [4.69, 9.17) is 26.6 Å². The first kappa shape index (κ1) is 31.0. The van der Waals surface area contributed by atoms with Crippen LogP contribution in [0.4, 0.5) is 24.8 Å². The van der Waals surface area contributed by atoms with Crippen molar-refractivity contribution in [2.45, 2.75) is 43.9 Å². The van der Waals surface area contributed by atoms with Gasteiger partial charge in [-0.3, -0.25) is 4.90 Å². The lowest BCUT2D eigenvalue weighted by molar-refractivity contribution is 0.107. The molecule has 49 heavy (non-hydrogen) atoms. The summed E-state index contributed by atoms with van der Waals surface area (Å²) in [6, 6.07) is 8.47. The SMILES string of the molecule is C#Cc1c(F)ccc2cc(O)cc(-c3nc4c5c(nc(OC[C@@]67CCCN6C[C@H](F)C7)nc5c3F)N([C@H](C)c3cccnc3N)CCO4)c12. The average molecular weight is 668 g/mol. The fourth-order valence-corrected chi connectivity index (χ4v) is 7.73. The lowest BCUT2D eigenvalue weighted by Crippen LogP contribution is -2.43. The lowest BCUT2D eigenvalue weighted by Gasteiger charge is -2.32. The Hall–Kier alpha value is -5.35. The Morgan fingerprint density at radius 1 is 1.18 bits per heavy atom. The number of alkyl halides is 1. The standard InChI is InChI=1S/C36H32F3N7O3/c1-3-23-26(38)8-7-20-14-22(47)15-25(27(20)23)30-29(39)31-28-33(44-35(43-31)49-18-36-9-5-11-45(36)17-21(37)16-36)46(12-13-48-34(28)42-30)19(2)24-6-4-10-41-32(24)40/h1,4,6-8,10,14-15,19,21,47H,5,9,11-13,16-18H2,2H3,(H2,40,41)/t19-,21-,36+/m1/s1. The molecule has 2 saturated heterocycles. The number of pyridine rings is 2. The van der Waals surface area contributed by atoms with E-state index >= 15 is 4.39 Å². The molecule has 6 heterocycles. The molecule has 8 rings (SSSR count). The summed E-state index contributed by atoms with van der Waals surface area (Å²) >= 11 is 0. The number of nitrogen functional groups attached to an aromatic ring is 1. The quantitative estimate of drug-likeness (QED) is 0.218. The second kappa shape index (κ2) is 11.7. The molecular formula is C36H32F3N7O3. The van der Waals surface area contributed by atoms with Gasteiger partial charge in [0.05, 0.1) is 23.7 Å². The molecule has 3 aliphatic heterocycles. The van der Waals surface area contributed by atoms with E-state index in [0.717, 1.165) is 24.9 Å². The minimum Gasteiger partial charge on any atom is -0.508 e. The van der Waals surface area contributed by atoms with Gasteiger partial charge in [-0.25, -0.2) is 23.1 Å². The number of phenols is 1. The maximum Gasteiger partial charge on any atom is 0.319 e. The highest BCUT2D eigenvalue weighted by atomic mass is 19.1. The van der Waals surface area contributed by atoms with Crippen LogP contribution in [0.25, 0.3) is 32.9 Å². The van der Waals surface area contributed by atoms with Crippen LogP contribution in [0.1, 0.15) is 43.4 Å². The van der Waals surface area contributed by atoms with Crippen molar-refractivity contribution in [3.8, 4) is 41.2 Å². The number of phenolic OH excluding ortho intramolecular Hbond substituents is 1. The van der Waals surface area contributed by atoms with Crippen molar-refractivity contribution < 1.29 is 27.8 Å². The van der Waals surface area contributed by atoms with Crippen LogP contribution in [0.2, 0.25) is 0 Å². The maximum atomic E-state index is 17.1. The Morgan fingerprint density at radius 2 is 2.04 bits per heavy atom. The zero-order valence-corrected chi connectivity index (χ0v) is 26.6. The fourth-order valence-electron chi connectivity index (χ4n) is 7.73. The highest BCUT2D eigenvalue weighted by Crippen LogP contribution is 2.45. The van der Waals surface area contributed by atoms with Crippen LogP contribution in [0.3, 0.4) is 0 Å². The Balaban J connectivity index is 1.34. The van der Waals surface area contributed by atoms with E-state index < -0.39 is 23.3 Å². The van der Waals surface area contributed by atoms with Crippen molar-refractivity contribution in [1.82, 2.24) is 24.8 Å². The number of nitrogens with zero attached hydrogens (tertiary/aromatic N) is 6. The highest BCUT2D eigenvalue weighted by molar-refractivity contribution is 6.04. The van der Waals surface area contributed by atoms with E-state index in [1.165, 1.54) is 24.3 Å². The normalized spacial score (nSPS) is 21.0. The molecule has 3 aromatic heterocycles. The molecule has 0 unspecified atom stereocenters. The first-order valence-electron chi connectivity index (χ1n) is 16.1. The maximum absolute atomic E-state index is 17.1. The van der Waals surface area contributed by atoms with E-state index in [-0.39, 0.29) is 70.0 Å². The number of nitrogens with two attached hydrogens (primary N) is 1. The Labute approximate surface area is 279 Å². The number of benzene rings is 2. The van der Waals surface area contributed by atoms with Gasteiger partial charge in [-0.15, -0.1) is 6.42 Å². The molecule has 0 aliphatic carbocycles. The fraction of sp³-hybridized carbons (Fsp3) is 0.333. The number of halogens is 3. The van der Waals surface area contributed by atoms with Gasteiger partial charge in [0.15, 0.2) is 5.82 Å². The minimum atomic E-state index is -0.965. The molecule has 0 saturated carbocycles.